The molecule has 0 radical (unpaired) electrons. The number of rotatable bonds is 6. The number of hydrogen-bond acceptors (Lipinski definition) is 6. The number of aromatic nitrogens is 1. The second-order valence-electron chi connectivity index (χ2n) is 7.62. The number of nitrogens with one attached hydrogen (secondary N) is 1. The molecule has 0 unspecified atom stereocenters. The van der Waals surface area contributed by atoms with Crippen LogP contribution in [0.4, 0.5) is 5.13 Å². The van der Waals surface area contributed by atoms with E-state index in [2.05, 4.69) is 33.7 Å². The van der Waals surface area contributed by atoms with Crippen LogP contribution >= 0.6 is 11.3 Å². The van der Waals surface area contributed by atoms with Gasteiger partial charge in [0, 0.05) is 29.6 Å². The van der Waals surface area contributed by atoms with Gasteiger partial charge in [-0.2, -0.15) is 9.41 Å². The summed E-state index contributed by atoms with van der Waals surface area (Å²) in [4.78, 5) is 4.89. The molecule has 1 fully saturated rings. The molecule has 8 heteroatoms. The maximum absolute atomic E-state index is 12.9. The van der Waals surface area contributed by atoms with Gasteiger partial charge in [0.2, 0.25) is 15.2 Å². The molecule has 1 N–H and O–H groups in total. The Labute approximate surface area is 191 Å². The van der Waals surface area contributed by atoms with Crippen LogP contribution in [0.1, 0.15) is 18.4 Å². The molecular formula is C24H22N4O2S2. The van der Waals surface area contributed by atoms with Gasteiger partial charge in [-0.3, -0.25) is 5.43 Å². The van der Waals surface area contributed by atoms with Crippen LogP contribution in [-0.2, 0) is 10.0 Å². The average molecular weight is 463 g/mol. The Morgan fingerprint density at radius 1 is 1.00 bits per heavy atom. The van der Waals surface area contributed by atoms with Crippen LogP contribution < -0.4 is 5.43 Å². The second-order valence-corrected chi connectivity index (χ2v) is 10.4. The van der Waals surface area contributed by atoms with Crippen LogP contribution in [-0.4, -0.2) is 37.0 Å². The molecule has 0 bridgehead atoms. The quantitative estimate of drug-likeness (QED) is 0.316. The number of anilines is 1. The lowest BCUT2D eigenvalue weighted by molar-refractivity contribution is 0.477. The monoisotopic (exact) mass is 462 g/mol. The standard InChI is InChI=1S/C24H22N4O2S2/c29-32(30,28-13-3-4-14-28)21-11-6-9-19(15-21)23-17-31-24(26-23)27-25-16-20-10-5-8-18-7-1-2-12-22(18)20/h1-2,5-12,15-17H,3-4,13-14H2,(H,26,27). The molecule has 1 aromatic heterocycles. The van der Waals surface area contributed by atoms with Gasteiger partial charge < -0.3 is 0 Å². The molecule has 1 aliphatic rings. The lowest BCUT2D eigenvalue weighted by atomic mass is 10.1. The fourth-order valence-electron chi connectivity index (χ4n) is 3.87. The van der Waals surface area contributed by atoms with Crippen molar-refractivity contribution in [2.75, 3.05) is 18.5 Å². The summed E-state index contributed by atoms with van der Waals surface area (Å²) in [5, 5.41) is 9.19. The molecule has 1 saturated heterocycles. The minimum absolute atomic E-state index is 0.313. The highest BCUT2D eigenvalue weighted by atomic mass is 32.2. The van der Waals surface area contributed by atoms with Gasteiger partial charge in [0.1, 0.15) is 0 Å². The van der Waals surface area contributed by atoms with Gasteiger partial charge >= 0.3 is 0 Å². The number of thiazole rings is 1. The highest BCUT2D eigenvalue weighted by Gasteiger charge is 2.27. The molecule has 0 amide bonds. The minimum atomic E-state index is -3.46. The number of nitrogens with zero attached hydrogens (tertiary/aromatic N) is 3. The Morgan fingerprint density at radius 2 is 1.78 bits per heavy atom. The van der Waals surface area contributed by atoms with Crippen LogP contribution in [0.5, 0.6) is 0 Å². The first kappa shape index (κ1) is 20.8. The fraction of sp³-hybridized carbons (Fsp3) is 0.167. The summed E-state index contributed by atoms with van der Waals surface area (Å²) in [5.41, 5.74) is 5.50. The molecule has 0 atom stereocenters. The van der Waals surface area contributed by atoms with Crippen molar-refractivity contribution in [1.29, 1.82) is 0 Å². The number of sulfonamides is 1. The van der Waals surface area contributed by atoms with Gasteiger partial charge in [-0.1, -0.05) is 54.6 Å². The molecule has 5 rings (SSSR count). The van der Waals surface area contributed by atoms with Crippen LogP contribution in [0.15, 0.2) is 82.1 Å². The number of fused-ring (bicyclic) bond motifs is 1. The normalized spacial score (nSPS) is 15.0. The largest absolute Gasteiger partial charge is 0.253 e. The zero-order valence-electron chi connectivity index (χ0n) is 17.3. The van der Waals surface area contributed by atoms with Crippen molar-refractivity contribution in [3.63, 3.8) is 0 Å². The summed E-state index contributed by atoms with van der Waals surface area (Å²) < 4.78 is 27.3. The van der Waals surface area contributed by atoms with E-state index >= 15 is 0 Å². The van der Waals surface area contributed by atoms with Crippen LogP contribution in [0.3, 0.4) is 0 Å². The summed E-state index contributed by atoms with van der Waals surface area (Å²) >= 11 is 1.43. The lowest BCUT2D eigenvalue weighted by Crippen LogP contribution is -2.27. The van der Waals surface area contributed by atoms with E-state index in [1.54, 1.807) is 28.7 Å². The van der Waals surface area contributed by atoms with Crippen molar-refractivity contribution >= 4 is 43.5 Å². The Morgan fingerprint density at radius 3 is 2.66 bits per heavy atom. The van der Waals surface area contributed by atoms with Crippen molar-refractivity contribution in [2.45, 2.75) is 17.7 Å². The first-order valence-corrected chi connectivity index (χ1v) is 12.8. The third-order valence-electron chi connectivity index (χ3n) is 5.52. The van der Waals surface area contributed by atoms with E-state index < -0.39 is 10.0 Å². The number of benzene rings is 3. The Balaban J connectivity index is 1.33. The Bertz CT molecular complexity index is 1380. The van der Waals surface area contributed by atoms with Crippen molar-refractivity contribution < 1.29 is 8.42 Å². The molecule has 1 aliphatic heterocycles. The molecule has 0 saturated carbocycles. The summed E-state index contributed by atoms with van der Waals surface area (Å²) in [6, 6.07) is 21.3. The van der Waals surface area contributed by atoms with Crippen LogP contribution in [0.25, 0.3) is 22.0 Å². The highest BCUT2D eigenvalue weighted by Crippen LogP contribution is 2.28. The average Bonchev–Trinajstić information content (AvgIpc) is 3.52. The molecule has 6 nitrogen and oxygen atoms in total. The molecule has 0 spiro atoms. The van der Waals surface area contributed by atoms with E-state index in [9.17, 15) is 8.42 Å². The van der Waals surface area contributed by atoms with Crippen molar-refractivity contribution in [1.82, 2.24) is 9.29 Å². The predicted molar refractivity (Wildman–Crippen MR) is 131 cm³/mol. The Hall–Kier alpha value is -3.07. The van der Waals surface area contributed by atoms with E-state index in [0.29, 0.717) is 23.1 Å². The topological polar surface area (TPSA) is 74.7 Å². The molecule has 3 aromatic carbocycles. The maximum Gasteiger partial charge on any atom is 0.243 e. The van der Waals surface area contributed by atoms with E-state index in [0.717, 1.165) is 40.4 Å². The predicted octanol–water partition coefficient (Wildman–Crippen LogP) is 5.19. The van der Waals surface area contributed by atoms with E-state index in [1.807, 2.05) is 35.7 Å². The summed E-state index contributed by atoms with van der Waals surface area (Å²) in [6.45, 7) is 1.18. The molecule has 0 aliphatic carbocycles. The molecule has 32 heavy (non-hydrogen) atoms. The summed E-state index contributed by atoms with van der Waals surface area (Å²) in [5.74, 6) is 0. The zero-order chi connectivity index (χ0) is 22.0. The number of hydrogen-bond donors (Lipinski definition) is 1. The molecular weight excluding hydrogens is 440 g/mol. The van der Waals surface area contributed by atoms with Crippen molar-refractivity contribution in [2.24, 2.45) is 5.10 Å². The third kappa shape index (κ3) is 4.17. The maximum atomic E-state index is 12.9. The molecule has 162 valence electrons. The molecule has 2 heterocycles. The summed E-state index contributed by atoms with van der Waals surface area (Å²) in [7, 11) is -3.46. The first-order chi connectivity index (χ1) is 15.6. The van der Waals surface area contributed by atoms with Gasteiger partial charge in [0.15, 0.2) is 0 Å². The SMILES string of the molecule is O=S(=O)(c1cccc(-c2csc(NN=Cc3cccc4ccccc34)n2)c1)N1CCCC1. The van der Waals surface area contributed by atoms with E-state index in [-0.39, 0.29) is 0 Å². The van der Waals surface area contributed by atoms with Gasteiger partial charge in [-0.05, 0) is 35.7 Å². The highest BCUT2D eigenvalue weighted by molar-refractivity contribution is 7.89. The van der Waals surface area contributed by atoms with Gasteiger partial charge in [-0.15, -0.1) is 11.3 Å². The van der Waals surface area contributed by atoms with Crippen molar-refractivity contribution in [3.05, 3.63) is 77.7 Å². The van der Waals surface area contributed by atoms with E-state index in [1.165, 1.54) is 11.3 Å². The number of hydrazone groups is 1. The fourth-order valence-corrected chi connectivity index (χ4v) is 6.10. The lowest BCUT2D eigenvalue weighted by Gasteiger charge is -2.15. The smallest absolute Gasteiger partial charge is 0.243 e. The van der Waals surface area contributed by atoms with Crippen LogP contribution in [0, 0.1) is 0 Å². The van der Waals surface area contributed by atoms with E-state index in [4.69, 9.17) is 0 Å². The van der Waals surface area contributed by atoms with Crippen LogP contribution in [0.2, 0.25) is 0 Å². The van der Waals surface area contributed by atoms with Gasteiger partial charge in [0.05, 0.1) is 16.8 Å². The minimum Gasteiger partial charge on any atom is -0.253 e. The van der Waals surface area contributed by atoms with Gasteiger partial charge in [0.25, 0.3) is 0 Å². The van der Waals surface area contributed by atoms with Gasteiger partial charge in [-0.25, -0.2) is 13.4 Å². The first-order valence-electron chi connectivity index (χ1n) is 10.4. The zero-order valence-corrected chi connectivity index (χ0v) is 18.9. The van der Waals surface area contributed by atoms with Crippen molar-refractivity contribution in [3.8, 4) is 11.3 Å². The second kappa shape index (κ2) is 8.82. The third-order valence-corrected chi connectivity index (χ3v) is 8.17. The Kier molecular flexibility index (Phi) is 5.73. The summed E-state index contributed by atoms with van der Waals surface area (Å²) in [6.07, 6.45) is 3.62. The molecule has 4 aromatic rings.